The predicted molar refractivity (Wildman–Crippen MR) is 123 cm³/mol. The van der Waals surface area contributed by atoms with Gasteiger partial charge in [-0.3, -0.25) is 14.2 Å². The molecule has 1 amide bonds. The normalized spacial score (nSPS) is 11.3. The number of fused-ring (bicyclic) bond motifs is 3. The summed E-state index contributed by atoms with van der Waals surface area (Å²) in [5.41, 5.74) is 1.09. The minimum absolute atomic E-state index is 0.103. The summed E-state index contributed by atoms with van der Waals surface area (Å²) >= 11 is 1.24. The van der Waals surface area contributed by atoms with Crippen LogP contribution < -0.4 is 21.3 Å². The Balaban J connectivity index is 1.57. The molecule has 33 heavy (non-hydrogen) atoms. The lowest BCUT2D eigenvalue weighted by atomic mass is 10.2. The monoisotopic (exact) mass is 465 g/mol. The Kier molecular flexibility index (Phi) is 5.09. The Labute approximate surface area is 190 Å². The van der Waals surface area contributed by atoms with Gasteiger partial charge in [-0.25, -0.2) is 13.9 Å². The van der Waals surface area contributed by atoms with Crippen LogP contribution in [0, 0.1) is 6.92 Å². The number of anilines is 1. The van der Waals surface area contributed by atoms with Crippen molar-refractivity contribution in [1.82, 2.24) is 18.7 Å². The average Bonchev–Trinajstić information content (AvgIpc) is 3.53. The highest BCUT2D eigenvalue weighted by atomic mass is 32.1. The number of carbonyl (C=O) groups excluding carboxylic acids is 1. The van der Waals surface area contributed by atoms with Gasteiger partial charge in [-0.15, -0.1) is 16.4 Å². The molecule has 0 bridgehead atoms. The van der Waals surface area contributed by atoms with Crippen LogP contribution in [0.15, 0.2) is 62.0 Å². The topological polar surface area (TPSA) is 113 Å². The van der Waals surface area contributed by atoms with Gasteiger partial charge in [-0.2, -0.15) is 0 Å². The van der Waals surface area contributed by atoms with Gasteiger partial charge in [0.25, 0.3) is 5.56 Å². The number of rotatable bonds is 6. The standard InChI is InChI=1S/C22H19N5O5S/c1-13-5-6-17(31-2)15(10-13)23-18(28)12-26-22(30)27-16-7-9-33-19(16)20(29)25(21(27)24-26)11-14-4-3-8-32-14/h3-10H,11-12H2,1-2H3,(H,23,28). The van der Waals surface area contributed by atoms with E-state index in [1.54, 1.807) is 35.7 Å². The summed E-state index contributed by atoms with van der Waals surface area (Å²) in [6, 6.07) is 10.5. The van der Waals surface area contributed by atoms with E-state index in [0.717, 1.165) is 10.2 Å². The number of nitrogens with zero attached hydrogens (tertiary/aromatic N) is 4. The number of furan rings is 1. The number of aryl methyl sites for hydroxylation is 1. The van der Waals surface area contributed by atoms with Crippen LogP contribution in [0.3, 0.4) is 0 Å². The molecule has 1 aromatic carbocycles. The Morgan fingerprint density at radius 2 is 2.09 bits per heavy atom. The number of hydrogen-bond donors (Lipinski definition) is 1. The van der Waals surface area contributed by atoms with Crippen molar-refractivity contribution < 1.29 is 13.9 Å². The Morgan fingerprint density at radius 1 is 1.24 bits per heavy atom. The third kappa shape index (κ3) is 3.61. The third-order valence-electron chi connectivity index (χ3n) is 5.20. The second-order valence-corrected chi connectivity index (χ2v) is 8.35. The molecule has 0 saturated heterocycles. The van der Waals surface area contributed by atoms with Crippen molar-refractivity contribution in [2.75, 3.05) is 12.4 Å². The second-order valence-electron chi connectivity index (χ2n) is 7.43. The number of benzene rings is 1. The smallest absolute Gasteiger partial charge is 0.352 e. The molecule has 0 fully saturated rings. The minimum atomic E-state index is -0.520. The Morgan fingerprint density at radius 3 is 2.85 bits per heavy atom. The van der Waals surface area contributed by atoms with Gasteiger partial charge in [-0.1, -0.05) is 6.07 Å². The molecular formula is C22H19N5O5S. The van der Waals surface area contributed by atoms with E-state index in [9.17, 15) is 14.4 Å². The summed E-state index contributed by atoms with van der Waals surface area (Å²) in [4.78, 5) is 39.0. The summed E-state index contributed by atoms with van der Waals surface area (Å²) < 4.78 is 14.9. The Hall–Kier alpha value is -4.12. The van der Waals surface area contributed by atoms with Crippen LogP contribution in [0.5, 0.6) is 5.75 Å². The number of aromatic nitrogens is 4. The molecule has 168 valence electrons. The zero-order valence-electron chi connectivity index (χ0n) is 17.8. The van der Waals surface area contributed by atoms with Gasteiger partial charge in [0, 0.05) is 0 Å². The molecule has 0 spiro atoms. The highest BCUT2D eigenvalue weighted by Crippen LogP contribution is 2.25. The summed E-state index contributed by atoms with van der Waals surface area (Å²) in [5.74, 6) is 0.726. The van der Waals surface area contributed by atoms with Crippen molar-refractivity contribution in [3.8, 4) is 5.75 Å². The maximum absolute atomic E-state index is 13.2. The molecule has 0 aliphatic carbocycles. The highest BCUT2D eigenvalue weighted by molar-refractivity contribution is 7.17. The van der Waals surface area contributed by atoms with E-state index in [0.29, 0.717) is 27.4 Å². The zero-order valence-corrected chi connectivity index (χ0v) is 18.6. The first kappa shape index (κ1) is 20.8. The van der Waals surface area contributed by atoms with Crippen LogP contribution >= 0.6 is 11.3 Å². The highest BCUT2D eigenvalue weighted by Gasteiger charge is 2.20. The summed E-state index contributed by atoms with van der Waals surface area (Å²) in [5, 5.41) is 8.83. The molecule has 0 unspecified atom stereocenters. The zero-order chi connectivity index (χ0) is 23.1. The lowest BCUT2D eigenvalue weighted by Gasteiger charge is -2.10. The van der Waals surface area contributed by atoms with Crippen LogP contribution in [-0.4, -0.2) is 31.8 Å². The number of thiophene rings is 1. The van der Waals surface area contributed by atoms with Gasteiger partial charge in [0.15, 0.2) is 0 Å². The molecule has 0 aliphatic heterocycles. The van der Waals surface area contributed by atoms with Crippen LogP contribution in [0.1, 0.15) is 11.3 Å². The third-order valence-corrected chi connectivity index (χ3v) is 6.10. The Bertz CT molecular complexity index is 1610. The molecular weight excluding hydrogens is 446 g/mol. The fraction of sp³-hybridized carbons (Fsp3) is 0.182. The van der Waals surface area contributed by atoms with Crippen molar-refractivity contribution in [3.05, 3.63) is 80.2 Å². The molecule has 5 rings (SSSR count). The second kappa shape index (κ2) is 8.10. The van der Waals surface area contributed by atoms with Gasteiger partial charge in [0.2, 0.25) is 11.7 Å². The molecule has 5 aromatic rings. The van der Waals surface area contributed by atoms with E-state index in [1.807, 2.05) is 13.0 Å². The molecule has 4 heterocycles. The van der Waals surface area contributed by atoms with Crippen LogP contribution in [0.25, 0.3) is 16.0 Å². The molecule has 0 saturated carbocycles. The summed E-state index contributed by atoms with van der Waals surface area (Å²) in [7, 11) is 1.51. The van der Waals surface area contributed by atoms with E-state index in [2.05, 4.69) is 10.4 Å². The maximum Gasteiger partial charge on any atom is 0.352 e. The molecule has 10 nitrogen and oxygen atoms in total. The van der Waals surface area contributed by atoms with Gasteiger partial charge in [0.1, 0.15) is 22.8 Å². The largest absolute Gasteiger partial charge is 0.495 e. The van der Waals surface area contributed by atoms with Crippen molar-refractivity contribution in [2.45, 2.75) is 20.0 Å². The first-order valence-electron chi connectivity index (χ1n) is 10.0. The van der Waals surface area contributed by atoms with Crippen molar-refractivity contribution >= 4 is 38.9 Å². The van der Waals surface area contributed by atoms with Crippen LogP contribution in [-0.2, 0) is 17.9 Å². The van der Waals surface area contributed by atoms with Crippen molar-refractivity contribution in [2.24, 2.45) is 0 Å². The number of hydrogen-bond acceptors (Lipinski definition) is 7. The van der Waals surface area contributed by atoms with Gasteiger partial charge < -0.3 is 14.5 Å². The van der Waals surface area contributed by atoms with Gasteiger partial charge in [-0.05, 0) is 48.2 Å². The molecule has 11 heteroatoms. The van der Waals surface area contributed by atoms with Crippen LogP contribution in [0.4, 0.5) is 5.69 Å². The van der Waals surface area contributed by atoms with E-state index >= 15 is 0 Å². The van der Waals surface area contributed by atoms with E-state index in [1.165, 1.54) is 33.7 Å². The van der Waals surface area contributed by atoms with Crippen LogP contribution in [0.2, 0.25) is 0 Å². The lowest BCUT2D eigenvalue weighted by Crippen LogP contribution is -2.29. The molecule has 0 radical (unpaired) electrons. The summed E-state index contributed by atoms with van der Waals surface area (Å²) in [6.45, 7) is 1.66. The number of amides is 1. The lowest BCUT2D eigenvalue weighted by molar-refractivity contribution is -0.117. The van der Waals surface area contributed by atoms with E-state index < -0.39 is 11.6 Å². The number of methoxy groups -OCH3 is 1. The maximum atomic E-state index is 13.2. The number of ether oxygens (including phenoxy) is 1. The fourth-order valence-electron chi connectivity index (χ4n) is 3.68. The average molecular weight is 465 g/mol. The first-order valence-corrected chi connectivity index (χ1v) is 10.9. The van der Waals surface area contributed by atoms with Gasteiger partial charge in [0.05, 0.1) is 31.1 Å². The number of nitrogens with one attached hydrogen (secondary N) is 1. The quantitative estimate of drug-likeness (QED) is 0.412. The van der Waals surface area contributed by atoms with E-state index in [4.69, 9.17) is 9.15 Å². The van der Waals surface area contributed by atoms with Crippen molar-refractivity contribution in [3.63, 3.8) is 0 Å². The first-order chi connectivity index (χ1) is 16.0. The molecule has 0 atom stereocenters. The molecule has 4 aromatic heterocycles. The number of carbonyl (C=O) groups is 1. The van der Waals surface area contributed by atoms with Gasteiger partial charge >= 0.3 is 5.69 Å². The fourth-order valence-corrected chi connectivity index (χ4v) is 4.51. The molecule has 1 N–H and O–H groups in total. The summed E-state index contributed by atoms with van der Waals surface area (Å²) in [6.07, 6.45) is 1.51. The predicted octanol–water partition coefficient (Wildman–Crippen LogP) is 2.47. The molecule has 0 aliphatic rings. The van der Waals surface area contributed by atoms with Crippen molar-refractivity contribution in [1.29, 1.82) is 0 Å². The van der Waals surface area contributed by atoms with E-state index in [-0.39, 0.29) is 24.4 Å². The SMILES string of the molecule is COc1ccc(C)cc1NC(=O)Cn1nc2n(Cc3ccco3)c(=O)c3sccc3n2c1=O. The minimum Gasteiger partial charge on any atom is -0.495 e.